The van der Waals surface area contributed by atoms with Gasteiger partial charge in [-0.15, -0.1) is 0 Å². The zero-order valence-corrected chi connectivity index (χ0v) is 17.5. The molecule has 0 spiro atoms. The maximum absolute atomic E-state index is 12.9. The number of carbonyl (C=O) groups is 2. The number of hydrogen-bond acceptors (Lipinski definition) is 4. The number of ether oxygens (including phenoxy) is 2. The number of hydrogen-bond donors (Lipinski definition) is 1. The van der Waals surface area contributed by atoms with Gasteiger partial charge in [-0.1, -0.05) is 6.07 Å². The molecule has 0 atom stereocenters. The lowest BCUT2D eigenvalue weighted by Gasteiger charge is -2.31. The third-order valence-electron chi connectivity index (χ3n) is 5.34. The van der Waals surface area contributed by atoms with Crippen molar-refractivity contribution < 1.29 is 19.1 Å². The van der Waals surface area contributed by atoms with E-state index in [0.717, 1.165) is 35.7 Å². The number of carbonyl (C=O) groups excluding carboxylic acids is 2. The summed E-state index contributed by atoms with van der Waals surface area (Å²) in [5, 5.41) is 3.13. The van der Waals surface area contributed by atoms with Crippen LogP contribution in [0.4, 0.5) is 4.79 Å². The Kier molecular flexibility index (Phi) is 6.46. The van der Waals surface area contributed by atoms with Crippen molar-refractivity contribution >= 4 is 12.0 Å². The molecule has 2 heterocycles. The molecule has 0 saturated carbocycles. The third kappa shape index (κ3) is 4.55. The van der Waals surface area contributed by atoms with Crippen LogP contribution in [0.3, 0.4) is 0 Å². The summed E-state index contributed by atoms with van der Waals surface area (Å²) in [6, 6.07) is 9.74. The average Bonchev–Trinajstić information content (AvgIpc) is 3.03. The molecule has 2 amide bonds. The molecule has 1 aliphatic heterocycles. The first-order valence-electron chi connectivity index (χ1n) is 10.0. The summed E-state index contributed by atoms with van der Waals surface area (Å²) in [7, 11) is 1.64. The fourth-order valence-corrected chi connectivity index (χ4v) is 3.82. The van der Waals surface area contributed by atoms with Gasteiger partial charge in [0, 0.05) is 42.3 Å². The number of likely N-dealkylation sites (tertiary alicyclic amines) is 1. The molecule has 1 aromatic carbocycles. The lowest BCUT2D eigenvalue weighted by atomic mass is 10.0. The van der Waals surface area contributed by atoms with Crippen molar-refractivity contribution in [3.05, 3.63) is 47.3 Å². The summed E-state index contributed by atoms with van der Waals surface area (Å²) >= 11 is 0. The van der Waals surface area contributed by atoms with Crippen LogP contribution in [-0.4, -0.2) is 54.3 Å². The molecule has 0 unspecified atom stereocenters. The van der Waals surface area contributed by atoms with Crippen LogP contribution in [0, 0.1) is 13.8 Å². The molecular formula is C22H29N3O4. The van der Waals surface area contributed by atoms with Gasteiger partial charge in [-0.05, 0) is 51.8 Å². The summed E-state index contributed by atoms with van der Waals surface area (Å²) in [6.07, 6.45) is 1.16. The second-order valence-corrected chi connectivity index (χ2v) is 7.26. The summed E-state index contributed by atoms with van der Waals surface area (Å²) in [5.74, 6) is 0.691. The molecular weight excluding hydrogens is 370 g/mol. The van der Waals surface area contributed by atoms with Gasteiger partial charge in [0.2, 0.25) is 0 Å². The Balaban J connectivity index is 1.69. The maximum atomic E-state index is 12.9. The molecule has 1 saturated heterocycles. The Hall–Kier alpha value is -2.96. The summed E-state index contributed by atoms with van der Waals surface area (Å²) < 4.78 is 12.4. The number of piperidine rings is 1. The zero-order valence-electron chi connectivity index (χ0n) is 17.5. The van der Waals surface area contributed by atoms with E-state index in [4.69, 9.17) is 9.47 Å². The van der Waals surface area contributed by atoms with Gasteiger partial charge < -0.3 is 24.3 Å². The van der Waals surface area contributed by atoms with Crippen LogP contribution in [0.5, 0.6) is 5.75 Å². The number of aromatic nitrogens is 1. The summed E-state index contributed by atoms with van der Waals surface area (Å²) in [5.41, 5.74) is 3.49. The van der Waals surface area contributed by atoms with Crippen LogP contribution in [0.25, 0.3) is 5.69 Å². The highest BCUT2D eigenvalue weighted by Crippen LogP contribution is 2.24. The highest BCUT2D eigenvalue weighted by atomic mass is 16.6. The highest BCUT2D eigenvalue weighted by Gasteiger charge is 2.26. The molecule has 1 N–H and O–H groups in total. The van der Waals surface area contributed by atoms with Gasteiger partial charge in [0.25, 0.3) is 5.91 Å². The maximum Gasteiger partial charge on any atom is 0.409 e. The largest absolute Gasteiger partial charge is 0.497 e. The minimum absolute atomic E-state index is 0.0491. The lowest BCUT2D eigenvalue weighted by Crippen LogP contribution is -2.46. The SMILES string of the molecule is CCOC(=O)N1CCC(NC(=O)c2cc(C)n(-c3cccc(OC)c3)c2C)CC1. The van der Waals surface area contributed by atoms with Gasteiger partial charge in [-0.25, -0.2) is 4.79 Å². The third-order valence-corrected chi connectivity index (χ3v) is 5.34. The average molecular weight is 399 g/mol. The van der Waals surface area contributed by atoms with Crippen molar-refractivity contribution in [3.63, 3.8) is 0 Å². The molecule has 1 fully saturated rings. The monoisotopic (exact) mass is 399 g/mol. The van der Waals surface area contributed by atoms with Crippen molar-refractivity contribution in [2.24, 2.45) is 0 Å². The Labute approximate surface area is 171 Å². The van der Waals surface area contributed by atoms with Crippen molar-refractivity contribution in [2.75, 3.05) is 26.8 Å². The van der Waals surface area contributed by atoms with E-state index >= 15 is 0 Å². The van der Waals surface area contributed by atoms with E-state index in [1.54, 1.807) is 18.9 Å². The first-order valence-corrected chi connectivity index (χ1v) is 10.0. The fraction of sp³-hybridized carbons (Fsp3) is 0.455. The van der Waals surface area contributed by atoms with E-state index < -0.39 is 0 Å². The number of aryl methyl sites for hydroxylation is 1. The van der Waals surface area contributed by atoms with E-state index in [0.29, 0.717) is 25.3 Å². The Bertz CT molecular complexity index is 882. The molecule has 7 heteroatoms. The first kappa shape index (κ1) is 20.8. The predicted molar refractivity (Wildman–Crippen MR) is 111 cm³/mol. The number of amides is 2. The normalized spacial score (nSPS) is 14.6. The molecule has 7 nitrogen and oxygen atoms in total. The molecule has 1 aromatic heterocycles. The van der Waals surface area contributed by atoms with Crippen molar-refractivity contribution in [1.29, 1.82) is 0 Å². The quantitative estimate of drug-likeness (QED) is 0.836. The number of nitrogens with one attached hydrogen (secondary N) is 1. The molecule has 3 rings (SSSR count). The zero-order chi connectivity index (χ0) is 21.0. The molecule has 156 valence electrons. The standard InChI is InChI=1S/C22H29N3O4/c1-5-29-22(27)24-11-9-17(10-12-24)23-21(26)20-13-15(2)25(16(20)3)18-7-6-8-19(14-18)28-4/h6-8,13-14,17H,5,9-12H2,1-4H3,(H,23,26). The molecule has 1 aliphatic rings. The summed E-state index contributed by atoms with van der Waals surface area (Å²) in [6.45, 7) is 7.29. The Morgan fingerprint density at radius 2 is 1.90 bits per heavy atom. The van der Waals surface area contributed by atoms with E-state index in [1.165, 1.54) is 0 Å². The van der Waals surface area contributed by atoms with E-state index in [9.17, 15) is 9.59 Å². The van der Waals surface area contributed by atoms with E-state index in [1.807, 2.05) is 44.2 Å². The molecule has 2 aromatic rings. The fourth-order valence-electron chi connectivity index (χ4n) is 3.82. The van der Waals surface area contributed by atoms with Crippen LogP contribution in [0.15, 0.2) is 30.3 Å². The Morgan fingerprint density at radius 3 is 2.55 bits per heavy atom. The van der Waals surface area contributed by atoms with Gasteiger partial charge >= 0.3 is 6.09 Å². The second kappa shape index (κ2) is 9.03. The minimum atomic E-state index is -0.279. The number of methoxy groups -OCH3 is 1. The first-order chi connectivity index (χ1) is 13.9. The highest BCUT2D eigenvalue weighted by molar-refractivity contribution is 5.96. The van der Waals surface area contributed by atoms with Crippen molar-refractivity contribution in [3.8, 4) is 11.4 Å². The predicted octanol–water partition coefficient (Wildman–Crippen LogP) is 3.45. The topological polar surface area (TPSA) is 72.8 Å². The van der Waals surface area contributed by atoms with Crippen molar-refractivity contribution in [1.82, 2.24) is 14.8 Å². The second-order valence-electron chi connectivity index (χ2n) is 7.26. The molecule has 0 radical (unpaired) electrons. The molecule has 29 heavy (non-hydrogen) atoms. The minimum Gasteiger partial charge on any atom is -0.497 e. The molecule has 0 aliphatic carbocycles. The van der Waals surface area contributed by atoms with E-state index in [-0.39, 0.29) is 18.0 Å². The Morgan fingerprint density at radius 1 is 1.17 bits per heavy atom. The van der Waals surface area contributed by atoms with Crippen LogP contribution in [0.2, 0.25) is 0 Å². The van der Waals surface area contributed by atoms with Gasteiger partial charge in [-0.2, -0.15) is 0 Å². The van der Waals surface area contributed by atoms with Crippen LogP contribution in [-0.2, 0) is 4.74 Å². The number of rotatable bonds is 5. The smallest absolute Gasteiger partial charge is 0.409 e. The van der Waals surface area contributed by atoms with Crippen LogP contribution >= 0.6 is 0 Å². The summed E-state index contributed by atoms with van der Waals surface area (Å²) in [4.78, 5) is 26.4. The van der Waals surface area contributed by atoms with Crippen molar-refractivity contribution in [2.45, 2.75) is 39.7 Å². The van der Waals surface area contributed by atoms with Crippen LogP contribution < -0.4 is 10.1 Å². The van der Waals surface area contributed by atoms with Gasteiger partial charge in [0.05, 0.1) is 19.3 Å². The number of benzene rings is 1. The van der Waals surface area contributed by atoms with Gasteiger partial charge in [-0.3, -0.25) is 4.79 Å². The lowest BCUT2D eigenvalue weighted by molar-refractivity contribution is 0.0859. The number of nitrogens with zero attached hydrogens (tertiary/aromatic N) is 2. The van der Waals surface area contributed by atoms with Gasteiger partial charge in [0.15, 0.2) is 0 Å². The van der Waals surface area contributed by atoms with E-state index in [2.05, 4.69) is 9.88 Å². The van der Waals surface area contributed by atoms with Gasteiger partial charge in [0.1, 0.15) is 5.75 Å². The van der Waals surface area contributed by atoms with Crippen LogP contribution in [0.1, 0.15) is 41.5 Å². The molecule has 0 bridgehead atoms.